The number of halogens is 1. The molecule has 1 saturated heterocycles. The van der Waals surface area contributed by atoms with Gasteiger partial charge in [0.2, 0.25) is 10.0 Å². The van der Waals surface area contributed by atoms with Crippen LogP contribution in [0.15, 0.2) is 32.0 Å². The molecular weight excluding hydrogens is 464 g/mol. The lowest BCUT2D eigenvalue weighted by atomic mass is 10.2. The molecule has 29 heavy (non-hydrogen) atoms. The van der Waals surface area contributed by atoms with Crippen LogP contribution in [0.2, 0.25) is 0 Å². The van der Waals surface area contributed by atoms with Gasteiger partial charge in [0.1, 0.15) is 22.2 Å². The Morgan fingerprint density at radius 1 is 1.24 bits per heavy atom. The molecule has 0 radical (unpaired) electrons. The second-order valence-corrected chi connectivity index (χ2v) is 9.17. The topological polar surface area (TPSA) is 98.1 Å². The quantitative estimate of drug-likeness (QED) is 0.672. The number of nitrogens with zero attached hydrogens (tertiary/aromatic N) is 1. The molecular formula is C19H23BrN2O6S. The molecule has 0 saturated carbocycles. The molecule has 10 heteroatoms. The predicted molar refractivity (Wildman–Crippen MR) is 111 cm³/mol. The van der Waals surface area contributed by atoms with Gasteiger partial charge in [0, 0.05) is 18.8 Å². The van der Waals surface area contributed by atoms with E-state index in [9.17, 15) is 13.2 Å². The molecule has 1 aromatic heterocycles. The van der Waals surface area contributed by atoms with E-state index in [1.54, 1.807) is 32.9 Å². The first kappa shape index (κ1) is 21.8. The van der Waals surface area contributed by atoms with Gasteiger partial charge in [0.15, 0.2) is 0 Å². The molecule has 1 aromatic carbocycles. The van der Waals surface area contributed by atoms with Gasteiger partial charge in [-0.25, -0.2) is 8.42 Å². The second-order valence-electron chi connectivity index (χ2n) is 6.47. The number of carbonyl (C=O) groups excluding carboxylic acids is 1. The van der Waals surface area contributed by atoms with Crippen LogP contribution in [0.3, 0.4) is 0 Å². The van der Waals surface area contributed by atoms with E-state index in [1.165, 1.54) is 10.4 Å². The van der Waals surface area contributed by atoms with E-state index in [2.05, 4.69) is 21.2 Å². The number of sulfonamides is 1. The minimum absolute atomic E-state index is 0.0122. The third-order valence-electron chi connectivity index (χ3n) is 4.50. The lowest BCUT2D eigenvalue weighted by molar-refractivity contribution is 0.0729. The maximum atomic E-state index is 13.2. The van der Waals surface area contributed by atoms with Gasteiger partial charge >= 0.3 is 0 Å². The molecule has 1 N–H and O–H groups in total. The number of rotatable bonds is 6. The Morgan fingerprint density at radius 2 is 1.93 bits per heavy atom. The Balaban J connectivity index is 1.95. The summed E-state index contributed by atoms with van der Waals surface area (Å²) >= 11 is 3.36. The third-order valence-corrected chi connectivity index (χ3v) is 7.38. The summed E-state index contributed by atoms with van der Waals surface area (Å²) in [6.45, 7) is 6.76. The van der Waals surface area contributed by atoms with E-state index < -0.39 is 15.9 Å². The lowest BCUT2D eigenvalue weighted by Crippen LogP contribution is -2.40. The second kappa shape index (κ2) is 8.86. The van der Waals surface area contributed by atoms with Crippen molar-refractivity contribution in [2.75, 3.05) is 38.2 Å². The minimum atomic E-state index is -3.80. The molecule has 1 aliphatic heterocycles. The zero-order valence-electron chi connectivity index (χ0n) is 16.5. The Hall–Kier alpha value is -1.88. The summed E-state index contributed by atoms with van der Waals surface area (Å²) in [5, 5.41) is 2.75. The van der Waals surface area contributed by atoms with Gasteiger partial charge in [0.25, 0.3) is 5.91 Å². The van der Waals surface area contributed by atoms with Gasteiger partial charge in [-0.05, 0) is 54.9 Å². The average Bonchev–Trinajstić information content (AvgIpc) is 2.95. The van der Waals surface area contributed by atoms with E-state index in [0.717, 1.165) is 0 Å². The summed E-state index contributed by atoms with van der Waals surface area (Å²) in [4.78, 5) is 12.7. The fourth-order valence-corrected chi connectivity index (χ4v) is 5.20. The number of ether oxygens (including phenoxy) is 2. The van der Waals surface area contributed by atoms with Crippen molar-refractivity contribution in [1.82, 2.24) is 4.31 Å². The predicted octanol–water partition coefficient (Wildman–Crippen LogP) is 3.33. The van der Waals surface area contributed by atoms with Crippen LogP contribution in [0.5, 0.6) is 5.75 Å². The molecule has 0 unspecified atom stereocenters. The molecule has 0 bridgehead atoms. The van der Waals surface area contributed by atoms with Gasteiger partial charge < -0.3 is 19.2 Å². The zero-order chi connectivity index (χ0) is 21.2. The van der Waals surface area contributed by atoms with Crippen LogP contribution < -0.4 is 10.1 Å². The summed E-state index contributed by atoms with van der Waals surface area (Å²) in [5.74, 6) is 0.910. The van der Waals surface area contributed by atoms with Crippen molar-refractivity contribution >= 4 is 37.5 Å². The molecule has 1 amide bonds. The normalized spacial score (nSPS) is 15.3. The fourth-order valence-electron chi connectivity index (χ4n) is 3.10. The van der Waals surface area contributed by atoms with Crippen LogP contribution in [-0.2, 0) is 14.8 Å². The molecule has 3 rings (SSSR count). The molecule has 0 spiro atoms. The van der Waals surface area contributed by atoms with E-state index >= 15 is 0 Å². The van der Waals surface area contributed by atoms with Gasteiger partial charge in [-0.15, -0.1) is 0 Å². The van der Waals surface area contributed by atoms with Crippen molar-refractivity contribution in [1.29, 1.82) is 0 Å². The van der Waals surface area contributed by atoms with E-state index in [0.29, 0.717) is 47.1 Å². The molecule has 8 nitrogen and oxygen atoms in total. The average molecular weight is 487 g/mol. The van der Waals surface area contributed by atoms with Crippen LogP contribution in [0.4, 0.5) is 5.69 Å². The van der Waals surface area contributed by atoms with Crippen molar-refractivity contribution in [3.05, 3.63) is 39.8 Å². The SMILES string of the molecule is CCOc1ccc(NC(=O)c2c(C)oc(C)c2Br)cc1S(=O)(=O)N1CCOCC1. The number of morpholine rings is 1. The third kappa shape index (κ3) is 4.50. The Morgan fingerprint density at radius 3 is 2.52 bits per heavy atom. The molecule has 1 aliphatic rings. The summed E-state index contributed by atoms with van der Waals surface area (Å²) in [5.41, 5.74) is 0.712. The smallest absolute Gasteiger partial charge is 0.260 e. The lowest BCUT2D eigenvalue weighted by Gasteiger charge is -2.27. The van der Waals surface area contributed by atoms with Crippen molar-refractivity contribution in [2.45, 2.75) is 25.7 Å². The minimum Gasteiger partial charge on any atom is -0.492 e. The number of nitrogens with one attached hydrogen (secondary N) is 1. The standard InChI is InChI=1S/C19H23BrN2O6S/c1-4-27-15-6-5-14(21-19(23)17-12(2)28-13(3)18(17)20)11-16(15)29(24,25)22-7-9-26-10-8-22/h5-6,11H,4,7-10H2,1-3H3,(H,21,23). The molecule has 2 heterocycles. The van der Waals surface area contributed by atoms with Crippen molar-refractivity contribution < 1.29 is 27.1 Å². The van der Waals surface area contributed by atoms with Gasteiger partial charge in [0.05, 0.1) is 29.9 Å². The highest BCUT2D eigenvalue weighted by Gasteiger charge is 2.30. The maximum Gasteiger partial charge on any atom is 0.260 e. The summed E-state index contributed by atoms with van der Waals surface area (Å²) < 4.78 is 44.5. The fraction of sp³-hybridized carbons (Fsp3) is 0.421. The number of anilines is 1. The largest absolute Gasteiger partial charge is 0.492 e. The molecule has 1 fully saturated rings. The van der Waals surface area contributed by atoms with Crippen LogP contribution >= 0.6 is 15.9 Å². The van der Waals surface area contributed by atoms with Crippen LogP contribution in [0.25, 0.3) is 0 Å². The number of benzene rings is 1. The first-order valence-corrected chi connectivity index (χ1v) is 11.4. The number of aryl methyl sites for hydroxylation is 2. The van der Waals surface area contributed by atoms with E-state index in [1.807, 2.05) is 0 Å². The Labute approximate surface area is 178 Å². The molecule has 0 aliphatic carbocycles. The van der Waals surface area contributed by atoms with Crippen molar-refractivity contribution in [3.63, 3.8) is 0 Å². The molecule has 0 atom stereocenters. The number of amides is 1. The van der Waals surface area contributed by atoms with Gasteiger partial charge in [-0.2, -0.15) is 4.31 Å². The number of furan rings is 1. The van der Waals surface area contributed by atoms with Crippen molar-refractivity contribution in [2.24, 2.45) is 0 Å². The highest BCUT2D eigenvalue weighted by molar-refractivity contribution is 9.10. The number of carbonyl (C=O) groups is 1. The number of hydrogen-bond donors (Lipinski definition) is 1. The maximum absolute atomic E-state index is 13.2. The van der Waals surface area contributed by atoms with Crippen molar-refractivity contribution in [3.8, 4) is 5.75 Å². The van der Waals surface area contributed by atoms with Gasteiger partial charge in [-0.3, -0.25) is 4.79 Å². The van der Waals surface area contributed by atoms with E-state index in [4.69, 9.17) is 13.9 Å². The highest BCUT2D eigenvalue weighted by Crippen LogP contribution is 2.32. The zero-order valence-corrected chi connectivity index (χ0v) is 18.9. The van der Waals surface area contributed by atoms with Crippen LogP contribution in [0.1, 0.15) is 28.8 Å². The van der Waals surface area contributed by atoms with Gasteiger partial charge in [-0.1, -0.05) is 0 Å². The molecule has 2 aromatic rings. The Kier molecular flexibility index (Phi) is 6.67. The van der Waals surface area contributed by atoms with Crippen LogP contribution in [0, 0.1) is 13.8 Å². The summed E-state index contributed by atoms with van der Waals surface area (Å²) in [6.07, 6.45) is 0. The first-order chi connectivity index (χ1) is 13.8. The first-order valence-electron chi connectivity index (χ1n) is 9.17. The Bertz CT molecular complexity index is 1010. The molecule has 158 valence electrons. The highest BCUT2D eigenvalue weighted by atomic mass is 79.9. The summed E-state index contributed by atoms with van der Waals surface area (Å²) in [6, 6.07) is 4.58. The summed E-state index contributed by atoms with van der Waals surface area (Å²) in [7, 11) is -3.80. The van der Waals surface area contributed by atoms with Crippen LogP contribution in [-0.4, -0.2) is 51.5 Å². The number of hydrogen-bond acceptors (Lipinski definition) is 6. The monoisotopic (exact) mass is 486 g/mol. The van der Waals surface area contributed by atoms with E-state index in [-0.39, 0.29) is 23.7 Å².